The summed E-state index contributed by atoms with van der Waals surface area (Å²) in [7, 11) is -3.72. The number of imidazole rings is 1. The van der Waals surface area contributed by atoms with Crippen LogP contribution >= 0.6 is 0 Å². The van der Waals surface area contributed by atoms with E-state index in [2.05, 4.69) is 14.7 Å². The van der Waals surface area contributed by atoms with Gasteiger partial charge in [0.05, 0.1) is 12.3 Å². The van der Waals surface area contributed by atoms with Crippen molar-refractivity contribution in [2.75, 3.05) is 0 Å². The highest BCUT2D eigenvalue weighted by atomic mass is 32.2. The van der Waals surface area contributed by atoms with Gasteiger partial charge < -0.3 is 4.98 Å². The minimum absolute atomic E-state index is 0.00993. The van der Waals surface area contributed by atoms with Crippen LogP contribution in [-0.4, -0.2) is 23.9 Å². The summed E-state index contributed by atoms with van der Waals surface area (Å²) in [4.78, 5) is 6.63. The molecule has 0 bridgehead atoms. The Morgan fingerprint density at radius 3 is 2.65 bits per heavy atom. The molecule has 0 aliphatic carbocycles. The fraction of sp³-hybridized carbons (Fsp3) is 0.600. The van der Waals surface area contributed by atoms with E-state index < -0.39 is 15.6 Å². The minimum Gasteiger partial charge on any atom is -0.332 e. The molecule has 0 spiro atoms. The maximum Gasteiger partial charge on any atom is 0.258 e. The van der Waals surface area contributed by atoms with E-state index >= 15 is 0 Å². The third kappa shape index (κ3) is 3.05. The third-order valence-electron chi connectivity index (χ3n) is 2.54. The number of hydrogen-bond acceptors (Lipinski definition) is 4. The van der Waals surface area contributed by atoms with E-state index in [1.54, 1.807) is 13.8 Å². The van der Waals surface area contributed by atoms with Gasteiger partial charge in [-0.1, -0.05) is 13.8 Å². The monoisotopic (exact) mass is 256 g/mol. The molecule has 1 aromatic rings. The topological polar surface area (TPSA) is 98.6 Å². The van der Waals surface area contributed by atoms with Gasteiger partial charge in [0.2, 0.25) is 0 Å². The quantitative estimate of drug-likeness (QED) is 0.819. The van der Waals surface area contributed by atoms with Crippen molar-refractivity contribution in [3.8, 4) is 6.07 Å². The van der Waals surface area contributed by atoms with E-state index in [4.69, 9.17) is 5.26 Å². The molecule has 1 aromatic heterocycles. The highest BCUT2D eigenvalue weighted by Crippen LogP contribution is 2.14. The molecule has 17 heavy (non-hydrogen) atoms. The molecule has 2 N–H and O–H groups in total. The SMILES string of the molecule is CCc1ncc(S(=O)(=O)NC(C)(C#N)CC)[nH]1. The first-order chi connectivity index (χ1) is 7.87. The smallest absolute Gasteiger partial charge is 0.258 e. The fourth-order valence-corrected chi connectivity index (χ4v) is 2.52. The zero-order valence-corrected chi connectivity index (χ0v) is 10.9. The van der Waals surface area contributed by atoms with Crippen LogP contribution in [0.15, 0.2) is 11.2 Å². The normalized spacial score (nSPS) is 15.2. The molecule has 0 aliphatic rings. The molecule has 7 heteroatoms. The molecule has 1 heterocycles. The van der Waals surface area contributed by atoms with Crippen molar-refractivity contribution in [2.45, 2.75) is 44.2 Å². The number of nitrogens with one attached hydrogen (secondary N) is 2. The standard InChI is InChI=1S/C10H16N4O2S/c1-4-8-12-6-9(13-8)17(15,16)14-10(3,5-2)7-11/h6,14H,4-5H2,1-3H3,(H,12,13). The van der Waals surface area contributed by atoms with Crippen molar-refractivity contribution in [3.63, 3.8) is 0 Å². The lowest BCUT2D eigenvalue weighted by Gasteiger charge is -2.20. The number of sulfonamides is 1. The molecule has 0 radical (unpaired) electrons. The maximum absolute atomic E-state index is 12.0. The van der Waals surface area contributed by atoms with Gasteiger partial charge in [-0.3, -0.25) is 0 Å². The van der Waals surface area contributed by atoms with Gasteiger partial charge in [-0.05, 0) is 13.3 Å². The summed E-state index contributed by atoms with van der Waals surface area (Å²) in [6.45, 7) is 5.16. The summed E-state index contributed by atoms with van der Waals surface area (Å²) in [6.07, 6.45) is 2.27. The first kappa shape index (κ1) is 13.7. The number of nitriles is 1. The Kier molecular flexibility index (Phi) is 3.91. The summed E-state index contributed by atoms with van der Waals surface area (Å²) in [5, 5.41) is 8.93. The van der Waals surface area contributed by atoms with Gasteiger partial charge >= 0.3 is 0 Å². The molecular weight excluding hydrogens is 240 g/mol. The van der Waals surface area contributed by atoms with Crippen molar-refractivity contribution in [3.05, 3.63) is 12.0 Å². The Hall–Kier alpha value is -1.39. The summed E-state index contributed by atoms with van der Waals surface area (Å²) < 4.78 is 26.3. The third-order valence-corrected chi connectivity index (χ3v) is 4.05. The highest BCUT2D eigenvalue weighted by Gasteiger charge is 2.29. The number of hydrogen-bond donors (Lipinski definition) is 2. The van der Waals surface area contributed by atoms with Crippen molar-refractivity contribution in [2.24, 2.45) is 0 Å². The van der Waals surface area contributed by atoms with Gasteiger partial charge in [0.25, 0.3) is 10.0 Å². The molecule has 0 amide bonds. The van der Waals surface area contributed by atoms with Crippen molar-refractivity contribution in [1.29, 1.82) is 5.26 Å². The van der Waals surface area contributed by atoms with Crippen LogP contribution in [-0.2, 0) is 16.4 Å². The number of aryl methyl sites for hydroxylation is 1. The first-order valence-corrected chi connectivity index (χ1v) is 6.84. The van der Waals surface area contributed by atoms with E-state index in [1.165, 1.54) is 6.20 Å². The average Bonchev–Trinajstić information content (AvgIpc) is 2.77. The molecule has 94 valence electrons. The van der Waals surface area contributed by atoms with Crippen LogP contribution in [0.5, 0.6) is 0 Å². The summed E-state index contributed by atoms with van der Waals surface area (Å²) in [5.41, 5.74) is -1.10. The van der Waals surface area contributed by atoms with Crippen LogP contribution in [0.3, 0.4) is 0 Å². The largest absolute Gasteiger partial charge is 0.332 e. The lowest BCUT2D eigenvalue weighted by atomic mass is 10.0. The minimum atomic E-state index is -3.72. The van der Waals surface area contributed by atoms with Crippen LogP contribution in [0, 0.1) is 11.3 Å². The van der Waals surface area contributed by atoms with Crippen LogP contribution in [0.25, 0.3) is 0 Å². The van der Waals surface area contributed by atoms with Crippen LogP contribution in [0.1, 0.15) is 33.0 Å². The fourth-order valence-electron chi connectivity index (χ4n) is 1.19. The Morgan fingerprint density at radius 2 is 2.24 bits per heavy atom. The van der Waals surface area contributed by atoms with E-state index in [0.29, 0.717) is 18.7 Å². The number of aromatic amines is 1. The molecule has 0 aromatic carbocycles. The summed E-state index contributed by atoms with van der Waals surface area (Å²) >= 11 is 0. The second-order valence-corrected chi connectivity index (χ2v) is 5.60. The van der Waals surface area contributed by atoms with Gasteiger partial charge in [-0.2, -0.15) is 9.98 Å². The molecule has 1 atom stereocenters. The molecule has 0 saturated carbocycles. The van der Waals surface area contributed by atoms with E-state index in [0.717, 1.165) is 0 Å². The second kappa shape index (κ2) is 4.85. The Bertz CT molecular complexity index is 529. The van der Waals surface area contributed by atoms with Gasteiger partial charge in [-0.25, -0.2) is 13.4 Å². The predicted molar refractivity (Wildman–Crippen MR) is 62.6 cm³/mol. The van der Waals surface area contributed by atoms with Gasteiger partial charge in [0, 0.05) is 6.42 Å². The van der Waals surface area contributed by atoms with E-state index in [1.807, 2.05) is 13.0 Å². The lowest BCUT2D eigenvalue weighted by molar-refractivity contribution is 0.493. The molecule has 0 fully saturated rings. The summed E-state index contributed by atoms with van der Waals surface area (Å²) in [6, 6.07) is 1.95. The lowest BCUT2D eigenvalue weighted by Crippen LogP contribution is -2.44. The van der Waals surface area contributed by atoms with Crippen molar-refractivity contribution < 1.29 is 8.42 Å². The van der Waals surface area contributed by atoms with Gasteiger partial charge in [-0.15, -0.1) is 0 Å². The summed E-state index contributed by atoms with van der Waals surface area (Å²) in [5.74, 6) is 0.598. The molecule has 6 nitrogen and oxygen atoms in total. The number of H-pyrrole nitrogens is 1. The van der Waals surface area contributed by atoms with E-state index in [-0.39, 0.29) is 5.03 Å². The first-order valence-electron chi connectivity index (χ1n) is 5.36. The second-order valence-electron chi connectivity index (χ2n) is 3.95. The zero-order valence-electron chi connectivity index (χ0n) is 10.1. The Morgan fingerprint density at radius 1 is 1.59 bits per heavy atom. The zero-order chi connectivity index (χ0) is 13.1. The van der Waals surface area contributed by atoms with Crippen LogP contribution in [0.2, 0.25) is 0 Å². The maximum atomic E-state index is 12.0. The van der Waals surface area contributed by atoms with Crippen molar-refractivity contribution >= 4 is 10.0 Å². The van der Waals surface area contributed by atoms with Crippen LogP contribution < -0.4 is 4.72 Å². The molecule has 1 unspecified atom stereocenters. The number of rotatable bonds is 5. The average molecular weight is 256 g/mol. The van der Waals surface area contributed by atoms with Crippen LogP contribution in [0.4, 0.5) is 0 Å². The predicted octanol–water partition coefficient (Wildman–Crippen LogP) is 0.943. The number of nitrogens with zero attached hydrogens (tertiary/aromatic N) is 2. The van der Waals surface area contributed by atoms with E-state index in [9.17, 15) is 8.42 Å². The molecule has 0 saturated heterocycles. The molecule has 0 aliphatic heterocycles. The molecular formula is C10H16N4O2S. The highest BCUT2D eigenvalue weighted by molar-refractivity contribution is 7.89. The Balaban J connectivity index is 3.01. The Labute approximate surface area is 101 Å². The number of aromatic nitrogens is 2. The molecule has 1 rings (SSSR count). The van der Waals surface area contributed by atoms with Crippen molar-refractivity contribution in [1.82, 2.24) is 14.7 Å². The van der Waals surface area contributed by atoms with Gasteiger partial charge in [0.1, 0.15) is 11.4 Å². The van der Waals surface area contributed by atoms with Gasteiger partial charge in [0.15, 0.2) is 5.03 Å².